The fourth-order valence-corrected chi connectivity index (χ4v) is 2.99. The molecule has 25 heavy (non-hydrogen) atoms. The van der Waals surface area contributed by atoms with Crippen LogP contribution in [0.25, 0.3) is 0 Å². The van der Waals surface area contributed by atoms with E-state index in [1.165, 1.54) is 29.5 Å². The molecule has 0 saturated heterocycles. The number of rotatable bonds is 8. The third-order valence-electron chi connectivity index (χ3n) is 4.08. The van der Waals surface area contributed by atoms with Gasteiger partial charge in [0.1, 0.15) is 5.82 Å². The molecule has 0 spiro atoms. The molecule has 1 amide bonds. The van der Waals surface area contributed by atoms with E-state index in [2.05, 4.69) is 43.2 Å². The molecule has 3 nitrogen and oxygen atoms in total. The summed E-state index contributed by atoms with van der Waals surface area (Å²) in [7, 11) is 2.10. The highest BCUT2D eigenvalue weighted by atomic mass is 32.2. The third-order valence-corrected chi connectivity index (χ3v) is 5.09. The molecule has 0 radical (unpaired) electrons. The molecule has 0 aliphatic rings. The summed E-state index contributed by atoms with van der Waals surface area (Å²) in [5, 5.41) is 2.97. The van der Waals surface area contributed by atoms with Crippen LogP contribution in [0.2, 0.25) is 0 Å². The van der Waals surface area contributed by atoms with Gasteiger partial charge < -0.3 is 5.32 Å². The van der Waals surface area contributed by atoms with Gasteiger partial charge in [0.15, 0.2) is 0 Å². The minimum Gasteiger partial charge on any atom is -0.351 e. The van der Waals surface area contributed by atoms with Gasteiger partial charge in [-0.15, -0.1) is 11.8 Å². The monoisotopic (exact) mass is 360 g/mol. The minimum absolute atomic E-state index is 0.0265. The molecular weight excluding hydrogens is 335 g/mol. The number of hydrogen-bond donors (Lipinski definition) is 1. The number of hydrogen-bond acceptors (Lipinski definition) is 3. The lowest BCUT2D eigenvalue weighted by Gasteiger charge is -2.22. The Balaban J connectivity index is 1.86. The molecule has 0 unspecified atom stereocenters. The van der Waals surface area contributed by atoms with Gasteiger partial charge in [0, 0.05) is 24.0 Å². The van der Waals surface area contributed by atoms with Crippen LogP contribution in [-0.4, -0.2) is 29.6 Å². The maximum atomic E-state index is 12.9. The first-order chi connectivity index (χ1) is 12.0. The first-order valence-corrected chi connectivity index (χ1v) is 9.36. The summed E-state index contributed by atoms with van der Waals surface area (Å²) in [6.07, 6.45) is 0. The maximum Gasteiger partial charge on any atom is 0.230 e. The number of thioether (sulfide) groups is 1. The van der Waals surface area contributed by atoms with E-state index in [1.807, 2.05) is 12.1 Å². The predicted octanol–water partition coefficient (Wildman–Crippen LogP) is 4.07. The second-order valence-corrected chi connectivity index (χ2v) is 7.35. The van der Waals surface area contributed by atoms with Crippen molar-refractivity contribution in [1.82, 2.24) is 10.2 Å². The van der Waals surface area contributed by atoms with Gasteiger partial charge in [0.2, 0.25) is 5.91 Å². The van der Waals surface area contributed by atoms with E-state index in [4.69, 9.17) is 0 Å². The number of nitrogens with one attached hydrogen (secondary N) is 1. The van der Waals surface area contributed by atoms with E-state index in [0.717, 1.165) is 17.0 Å². The lowest BCUT2D eigenvalue weighted by molar-refractivity contribution is -0.118. The lowest BCUT2D eigenvalue weighted by atomic mass is 10.1. The third kappa shape index (κ3) is 6.52. The number of amides is 1. The van der Waals surface area contributed by atoms with Crippen molar-refractivity contribution >= 4 is 17.7 Å². The normalized spacial score (nSPS) is 11.1. The van der Waals surface area contributed by atoms with Crippen molar-refractivity contribution in [3.05, 3.63) is 65.5 Å². The molecule has 2 rings (SSSR count). The fourth-order valence-electron chi connectivity index (χ4n) is 2.26. The predicted molar refractivity (Wildman–Crippen MR) is 102 cm³/mol. The van der Waals surface area contributed by atoms with Crippen molar-refractivity contribution in [2.75, 3.05) is 12.8 Å². The van der Waals surface area contributed by atoms with Gasteiger partial charge in [-0.1, -0.05) is 24.3 Å². The number of halogens is 1. The molecule has 5 heteroatoms. The molecule has 1 N–H and O–H groups in total. The summed E-state index contributed by atoms with van der Waals surface area (Å²) in [5.41, 5.74) is 2.36. The maximum absolute atomic E-state index is 12.9. The van der Waals surface area contributed by atoms with E-state index >= 15 is 0 Å². The van der Waals surface area contributed by atoms with Crippen molar-refractivity contribution in [2.24, 2.45) is 0 Å². The second-order valence-electron chi connectivity index (χ2n) is 6.30. The Labute approximate surface area is 153 Å². The van der Waals surface area contributed by atoms with E-state index in [9.17, 15) is 9.18 Å². The Morgan fingerprint density at radius 3 is 2.40 bits per heavy atom. The summed E-state index contributed by atoms with van der Waals surface area (Å²) in [6.45, 7) is 5.70. The Morgan fingerprint density at radius 2 is 1.76 bits per heavy atom. The van der Waals surface area contributed by atoms with Gasteiger partial charge >= 0.3 is 0 Å². The Kier molecular flexibility index (Phi) is 7.47. The van der Waals surface area contributed by atoms with Crippen LogP contribution in [0.4, 0.5) is 4.39 Å². The zero-order chi connectivity index (χ0) is 18.2. The molecule has 0 saturated carbocycles. The van der Waals surface area contributed by atoms with Crippen molar-refractivity contribution in [3.8, 4) is 0 Å². The van der Waals surface area contributed by atoms with E-state index in [-0.39, 0.29) is 11.7 Å². The second kappa shape index (κ2) is 9.59. The van der Waals surface area contributed by atoms with Crippen LogP contribution in [0, 0.1) is 5.82 Å². The molecule has 2 aromatic carbocycles. The van der Waals surface area contributed by atoms with Crippen LogP contribution >= 0.6 is 11.8 Å². The topological polar surface area (TPSA) is 32.3 Å². The first kappa shape index (κ1) is 19.5. The molecule has 0 aliphatic carbocycles. The molecular formula is C20H25FN2OS. The quantitative estimate of drug-likeness (QED) is 0.720. The zero-order valence-electron chi connectivity index (χ0n) is 15.0. The average molecular weight is 360 g/mol. The Bertz CT molecular complexity index is 688. The zero-order valence-corrected chi connectivity index (χ0v) is 15.8. The van der Waals surface area contributed by atoms with E-state index < -0.39 is 0 Å². The smallest absolute Gasteiger partial charge is 0.230 e. The van der Waals surface area contributed by atoms with Crippen LogP contribution in [-0.2, 0) is 17.9 Å². The van der Waals surface area contributed by atoms with Gasteiger partial charge in [-0.25, -0.2) is 4.39 Å². The molecule has 0 atom stereocenters. The molecule has 0 heterocycles. The van der Waals surface area contributed by atoms with Crippen LogP contribution < -0.4 is 5.32 Å². The summed E-state index contributed by atoms with van der Waals surface area (Å²) in [4.78, 5) is 15.2. The number of nitrogens with zero attached hydrogens (tertiary/aromatic N) is 1. The lowest BCUT2D eigenvalue weighted by Crippen LogP contribution is -2.28. The van der Waals surface area contributed by atoms with Crippen molar-refractivity contribution in [1.29, 1.82) is 0 Å². The largest absolute Gasteiger partial charge is 0.351 e. The average Bonchev–Trinajstić information content (AvgIpc) is 2.60. The Morgan fingerprint density at radius 1 is 1.12 bits per heavy atom. The van der Waals surface area contributed by atoms with Crippen molar-refractivity contribution < 1.29 is 9.18 Å². The molecule has 0 aliphatic heterocycles. The molecule has 0 aromatic heterocycles. The van der Waals surface area contributed by atoms with Gasteiger partial charge in [-0.2, -0.15) is 0 Å². The van der Waals surface area contributed by atoms with Crippen LogP contribution in [0.15, 0.2) is 53.4 Å². The van der Waals surface area contributed by atoms with E-state index in [0.29, 0.717) is 18.3 Å². The van der Waals surface area contributed by atoms with Gasteiger partial charge in [0.25, 0.3) is 0 Å². The minimum atomic E-state index is -0.267. The van der Waals surface area contributed by atoms with Crippen molar-refractivity contribution in [2.45, 2.75) is 37.9 Å². The standard InChI is InChI=1S/C20H25FN2OS/c1-15(2)23(3)13-17-7-5-4-6-16(17)12-22-20(24)14-25-19-10-8-18(21)9-11-19/h4-11,15H,12-14H2,1-3H3,(H,22,24). The van der Waals surface area contributed by atoms with Gasteiger partial charge in [-0.3, -0.25) is 9.69 Å². The number of benzene rings is 2. The highest BCUT2D eigenvalue weighted by Gasteiger charge is 2.09. The summed E-state index contributed by atoms with van der Waals surface area (Å²) < 4.78 is 12.9. The van der Waals surface area contributed by atoms with E-state index in [1.54, 1.807) is 12.1 Å². The molecule has 134 valence electrons. The van der Waals surface area contributed by atoms with Crippen LogP contribution in [0.5, 0.6) is 0 Å². The number of carbonyl (C=O) groups excluding carboxylic acids is 1. The first-order valence-electron chi connectivity index (χ1n) is 8.38. The SMILES string of the molecule is CC(C)N(C)Cc1ccccc1CNC(=O)CSc1ccc(F)cc1. The molecule has 0 fully saturated rings. The summed E-state index contributed by atoms with van der Waals surface area (Å²) >= 11 is 1.40. The highest BCUT2D eigenvalue weighted by molar-refractivity contribution is 8.00. The fraction of sp³-hybridized carbons (Fsp3) is 0.350. The summed E-state index contributed by atoms with van der Waals surface area (Å²) in [6, 6.07) is 14.8. The van der Waals surface area contributed by atoms with Crippen molar-refractivity contribution in [3.63, 3.8) is 0 Å². The molecule has 0 bridgehead atoms. The van der Waals surface area contributed by atoms with Crippen LogP contribution in [0.1, 0.15) is 25.0 Å². The molecule has 2 aromatic rings. The summed E-state index contributed by atoms with van der Waals surface area (Å²) in [5.74, 6) is 0.0257. The van der Waals surface area contributed by atoms with Gasteiger partial charge in [0.05, 0.1) is 5.75 Å². The van der Waals surface area contributed by atoms with Crippen LogP contribution in [0.3, 0.4) is 0 Å². The van der Waals surface area contributed by atoms with Gasteiger partial charge in [-0.05, 0) is 56.3 Å². The highest BCUT2D eigenvalue weighted by Crippen LogP contribution is 2.18. The Hall–Kier alpha value is -1.85. The number of carbonyl (C=O) groups is 1.